The Morgan fingerprint density at radius 3 is 2.71 bits per heavy atom. The number of nitrogens with one attached hydrogen (secondary N) is 1. The molecule has 21 heavy (non-hydrogen) atoms. The summed E-state index contributed by atoms with van der Waals surface area (Å²) in [7, 11) is 1.68. The van der Waals surface area contributed by atoms with Crippen molar-refractivity contribution in [3.05, 3.63) is 30.1 Å². The second kappa shape index (κ2) is 6.89. The summed E-state index contributed by atoms with van der Waals surface area (Å²) in [4.78, 5) is 12.4. The zero-order valence-corrected chi connectivity index (χ0v) is 12.5. The van der Waals surface area contributed by atoms with Crippen molar-refractivity contribution in [2.45, 2.75) is 44.2 Å². The minimum Gasteiger partial charge on any atom is -0.464 e. The minimum atomic E-state index is -0.793. The molecule has 0 heterocycles. The molecule has 1 N–H and O–H groups in total. The number of carbonyl (C=O) groups is 1. The molecule has 0 amide bonds. The third-order valence-electron chi connectivity index (χ3n) is 3.99. The summed E-state index contributed by atoms with van der Waals surface area (Å²) in [5.41, 5.74) is -0.197. The summed E-state index contributed by atoms with van der Waals surface area (Å²) >= 11 is 0. The summed E-state index contributed by atoms with van der Waals surface area (Å²) < 4.78 is 23.9. The van der Waals surface area contributed by atoms with E-state index in [2.05, 4.69) is 5.32 Å². The Kier molecular flexibility index (Phi) is 5.17. The Bertz CT molecular complexity index is 484. The normalized spacial score (nSPS) is 25.4. The van der Waals surface area contributed by atoms with Crippen LogP contribution in [0.15, 0.2) is 24.3 Å². The van der Waals surface area contributed by atoms with Gasteiger partial charge in [-0.1, -0.05) is 6.07 Å². The van der Waals surface area contributed by atoms with Crippen LogP contribution in [0.25, 0.3) is 0 Å². The van der Waals surface area contributed by atoms with Crippen LogP contribution in [0.4, 0.5) is 10.1 Å². The number of hydrogen-bond donors (Lipinski definition) is 1. The number of esters is 1. The van der Waals surface area contributed by atoms with Gasteiger partial charge in [0.05, 0.1) is 12.7 Å². The van der Waals surface area contributed by atoms with Crippen LogP contribution in [0.3, 0.4) is 0 Å². The molecule has 0 bridgehead atoms. The topological polar surface area (TPSA) is 47.6 Å². The highest BCUT2D eigenvalue weighted by molar-refractivity contribution is 5.84. The average Bonchev–Trinajstić information content (AvgIpc) is 2.48. The van der Waals surface area contributed by atoms with Crippen molar-refractivity contribution in [3.8, 4) is 0 Å². The highest BCUT2D eigenvalue weighted by atomic mass is 19.1. The lowest BCUT2D eigenvalue weighted by atomic mass is 9.80. The van der Waals surface area contributed by atoms with Gasteiger partial charge < -0.3 is 14.8 Å². The van der Waals surface area contributed by atoms with Crippen molar-refractivity contribution in [1.82, 2.24) is 0 Å². The fraction of sp³-hybridized carbons (Fsp3) is 0.562. The third kappa shape index (κ3) is 3.73. The molecule has 0 saturated heterocycles. The maximum atomic E-state index is 13.3. The standard InChI is InChI=1S/C16H22FNO3/c1-3-21-15(19)16(9-7-14(20-2)8-10-16)18-13-6-4-5-12(17)11-13/h4-6,11,14,18H,3,7-10H2,1-2H3. The minimum absolute atomic E-state index is 0.168. The molecule has 0 atom stereocenters. The number of rotatable bonds is 5. The molecule has 0 aromatic heterocycles. The van der Waals surface area contributed by atoms with Crippen LogP contribution >= 0.6 is 0 Å². The first-order valence-electron chi connectivity index (χ1n) is 7.33. The lowest BCUT2D eigenvalue weighted by Gasteiger charge is -2.38. The number of ether oxygens (including phenoxy) is 2. The Hall–Kier alpha value is -1.62. The Morgan fingerprint density at radius 2 is 2.14 bits per heavy atom. The fourth-order valence-electron chi connectivity index (χ4n) is 2.81. The van der Waals surface area contributed by atoms with Crippen LogP contribution < -0.4 is 5.32 Å². The van der Waals surface area contributed by atoms with Gasteiger partial charge in [-0.05, 0) is 50.8 Å². The molecule has 1 aliphatic carbocycles. The number of methoxy groups -OCH3 is 1. The second-order valence-corrected chi connectivity index (χ2v) is 5.37. The molecule has 4 nitrogen and oxygen atoms in total. The lowest BCUT2D eigenvalue weighted by Crippen LogP contribution is -2.51. The van der Waals surface area contributed by atoms with Crippen molar-refractivity contribution < 1.29 is 18.7 Å². The second-order valence-electron chi connectivity index (χ2n) is 5.37. The molecular weight excluding hydrogens is 273 g/mol. The first kappa shape index (κ1) is 15.8. The summed E-state index contributed by atoms with van der Waals surface area (Å²) in [6.45, 7) is 2.12. The zero-order valence-electron chi connectivity index (χ0n) is 12.5. The van der Waals surface area contributed by atoms with Crippen molar-refractivity contribution in [3.63, 3.8) is 0 Å². The fourth-order valence-corrected chi connectivity index (χ4v) is 2.81. The molecule has 0 radical (unpaired) electrons. The molecule has 1 fully saturated rings. The smallest absolute Gasteiger partial charge is 0.331 e. The van der Waals surface area contributed by atoms with Gasteiger partial charge in [0.25, 0.3) is 0 Å². The molecular formula is C16H22FNO3. The molecule has 0 spiro atoms. The molecule has 0 aliphatic heterocycles. The SMILES string of the molecule is CCOC(=O)C1(Nc2cccc(F)c2)CCC(OC)CC1. The average molecular weight is 295 g/mol. The van der Waals surface area contributed by atoms with Crippen LogP contribution in [0.1, 0.15) is 32.6 Å². The van der Waals surface area contributed by atoms with E-state index in [1.54, 1.807) is 26.2 Å². The molecule has 1 aliphatic rings. The van der Waals surface area contributed by atoms with Gasteiger partial charge in [0.2, 0.25) is 0 Å². The van der Waals surface area contributed by atoms with Crippen molar-refractivity contribution >= 4 is 11.7 Å². The van der Waals surface area contributed by atoms with Crippen molar-refractivity contribution in [2.24, 2.45) is 0 Å². The van der Waals surface area contributed by atoms with Gasteiger partial charge in [-0.15, -0.1) is 0 Å². The van der Waals surface area contributed by atoms with E-state index in [4.69, 9.17) is 9.47 Å². The predicted molar refractivity (Wildman–Crippen MR) is 78.7 cm³/mol. The van der Waals surface area contributed by atoms with Crippen LogP contribution in [-0.4, -0.2) is 31.3 Å². The first-order chi connectivity index (χ1) is 10.1. The Morgan fingerprint density at radius 1 is 1.43 bits per heavy atom. The van der Waals surface area contributed by atoms with Gasteiger partial charge in [0.1, 0.15) is 11.4 Å². The largest absolute Gasteiger partial charge is 0.464 e. The van der Waals surface area contributed by atoms with Crippen LogP contribution in [-0.2, 0) is 14.3 Å². The van der Waals surface area contributed by atoms with E-state index in [1.807, 2.05) is 0 Å². The molecule has 116 valence electrons. The van der Waals surface area contributed by atoms with Crippen LogP contribution in [0.5, 0.6) is 0 Å². The van der Waals surface area contributed by atoms with E-state index in [1.165, 1.54) is 12.1 Å². The molecule has 0 unspecified atom stereocenters. The lowest BCUT2D eigenvalue weighted by molar-refractivity contribution is -0.150. The quantitative estimate of drug-likeness (QED) is 0.848. The summed E-state index contributed by atoms with van der Waals surface area (Å²) in [5, 5.41) is 3.19. The van der Waals surface area contributed by atoms with Crippen molar-refractivity contribution in [1.29, 1.82) is 0 Å². The molecule has 2 rings (SSSR count). The van der Waals surface area contributed by atoms with E-state index in [0.717, 1.165) is 12.8 Å². The molecule has 1 aromatic rings. The van der Waals surface area contributed by atoms with E-state index >= 15 is 0 Å². The Labute approximate surface area is 124 Å². The van der Waals surface area contributed by atoms with Crippen molar-refractivity contribution in [2.75, 3.05) is 19.0 Å². The molecule has 1 aromatic carbocycles. The molecule has 5 heteroatoms. The van der Waals surface area contributed by atoms with Gasteiger partial charge in [0.15, 0.2) is 0 Å². The number of hydrogen-bond acceptors (Lipinski definition) is 4. The number of carbonyl (C=O) groups excluding carboxylic acids is 1. The van der Waals surface area contributed by atoms with E-state index in [9.17, 15) is 9.18 Å². The van der Waals surface area contributed by atoms with Gasteiger partial charge >= 0.3 is 5.97 Å². The highest BCUT2D eigenvalue weighted by Crippen LogP contribution is 2.34. The van der Waals surface area contributed by atoms with E-state index in [-0.39, 0.29) is 17.9 Å². The zero-order chi connectivity index (χ0) is 15.3. The summed E-state index contributed by atoms with van der Waals surface area (Å²) in [6, 6.07) is 6.15. The maximum Gasteiger partial charge on any atom is 0.331 e. The third-order valence-corrected chi connectivity index (χ3v) is 3.99. The van der Waals surface area contributed by atoms with E-state index in [0.29, 0.717) is 25.1 Å². The van der Waals surface area contributed by atoms with Gasteiger partial charge in [-0.3, -0.25) is 0 Å². The maximum absolute atomic E-state index is 13.3. The highest BCUT2D eigenvalue weighted by Gasteiger charge is 2.43. The predicted octanol–water partition coefficient (Wildman–Crippen LogP) is 3.13. The first-order valence-corrected chi connectivity index (χ1v) is 7.33. The molecule has 1 saturated carbocycles. The summed E-state index contributed by atoms with van der Waals surface area (Å²) in [6.07, 6.45) is 2.94. The monoisotopic (exact) mass is 295 g/mol. The number of halogens is 1. The van der Waals surface area contributed by atoms with Crippen LogP contribution in [0, 0.1) is 5.82 Å². The number of anilines is 1. The summed E-state index contributed by atoms with van der Waals surface area (Å²) in [5.74, 6) is -0.603. The van der Waals surface area contributed by atoms with Crippen LogP contribution in [0.2, 0.25) is 0 Å². The van der Waals surface area contributed by atoms with Gasteiger partial charge in [0, 0.05) is 12.8 Å². The number of benzene rings is 1. The van der Waals surface area contributed by atoms with Gasteiger partial charge in [-0.2, -0.15) is 0 Å². The van der Waals surface area contributed by atoms with Gasteiger partial charge in [-0.25, -0.2) is 9.18 Å². The van der Waals surface area contributed by atoms with E-state index < -0.39 is 5.54 Å². The Balaban J connectivity index is 2.18.